The van der Waals surface area contributed by atoms with Gasteiger partial charge in [-0.3, -0.25) is 0 Å². The predicted octanol–water partition coefficient (Wildman–Crippen LogP) is 3.81. The number of rotatable bonds is 6. The summed E-state index contributed by atoms with van der Waals surface area (Å²) < 4.78 is 5.70. The Morgan fingerprint density at radius 3 is 2.47 bits per heavy atom. The van der Waals surface area contributed by atoms with E-state index in [0.29, 0.717) is 12.3 Å². The molecule has 0 saturated carbocycles. The highest BCUT2D eigenvalue weighted by Crippen LogP contribution is 2.32. The Kier molecular flexibility index (Phi) is 5.28. The van der Waals surface area contributed by atoms with Gasteiger partial charge in [-0.15, -0.1) is 0 Å². The van der Waals surface area contributed by atoms with Crippen LogP contribution in [0.2, 0.25) is 0 Å². The summed E-state index contributed by atoms with van der Waals surface area (Å²) in [6.45, 7) is 8.80. The normalized spacial score (nSPS) is 9.76. The molecule has 0 saturated heterocycles. The standard InChI is InChI=1S/C13H20N3O/c1-4-9-17-13-10-11(15-14)7-8-12(13)16(5-2)6-3/h7-8,10H,4-6,9H2,1-3H3/q+1. The Balaban J connectivity index is 3.05. The zero-order valence-electron chi connectivity index (χ0n) is 10.8. The molecule has 1 aromatic rings. The Morgan fingerprint density at radius 1 is 1.24 bits per heavy atom. The summed E-state index contributed by atoms with van der Waals surface area (Å²) >= 11 is 0. The molecular formula is C13H20N3O+. The molecule has 0 aliphatic rings. The minimum absolute atomic E-state index is 0.520. The molecule has 0 unspecified atom stereocenters. The van der Waals surface area contributed by atoms with Gasteiger partial charge in [-0.05, 0) is 26.3 Å². The fraction of sp³-hybridized carbons (Fsp3) is 0.538. The number of benzene rings is 1. The van der Waals surface area contributed by atoms with Crippen LogP contribution in [0.25, 0.3) is 4.98 Å². The predicted molar refractivity (Wildman–Crippen MR) is 70.5 cm³/mol. The lowest BCUT2D eigenvalue weighted by atomic mass is 10.2. The SMILES string of the molecule is CCCOc1cc([N+]#N)ccc1N(CC)CC. The lowest BCUT2D eigenvalue weighted by Gasteiger charge is -2.23. The third-order valence-corrected chi connectivity index (χ3v) is 2.62. The molecule has 0 aromatic heterocycles. The van der Waals surface area contributed by atoms with Crippen LogP contribution in [0.5, 0.6) is 5.75 Å². The number of anilines is 1. The second-order valence-corrected chi connectivity index (χ2v) is 3.77. The van der Waals surface area contributed by atoms with Crippen LogP contribution in [0.1, 0.15) is 27.2 Å². The van der Waals surface area contributed by atoms with Gasteiger partial charge in [-0.2, -0.15) is 0 Å². The summed E-state index contributed by atoms with van der Waals surface area (Å²) in [4.78, 5) is 5.41. The molecule has 1 rings (SSSR count). The molecule has 4 heteroatoms. The molecule has 0 atom stereocenters. The van der Waals surface area contributed by atoms with E-state index in [9.17, 15) is 0 Å². The van der Waals surface area contributed by atoms with Crippen LogP contribution in [0.4, 0.5) is 11.4 Å². The zero-order valence-corrected chi connectivity index (χ0v) is 10.8. The van der Waals surface area contributed by atoms with Crippen LogP contribution in [-0.4, -0.2) is 19.7 Å². The van der Waals surface area contributed by atoms with Gasteiger partial charge in [0, 0.05) is 19.2 Å². The van der Waals surface area contributed by atoms with Crippen molar-refractivity contribution in [3.05, 3.63) is 23.2 Å². The van der Waals surface area contributed by atoms with Gasteiger partial charge in [0.2, 0.25) is 5.39 Å². The van der Waals surface area contributed by atoms with Crippen LogP contribution in [0.3, 0.4) is 0 Å². The first kappa shape index (κ1) is 13.3. The number of hydrogen-bond acceptors (Lipinski definition) is 3. The van der Waals surface area contributed by atoms with E-state index in [0.717, 1.165) is 30.9 Å². The van der Waals surface area contributed by atoms with Crippen LogP contribution in [0, 0.1) is 5.39 Å². The molecule has 0 fully saturated rings. The van der Waals surface area contributed by atoms with E-state index in [1.165, 1.54) is 0 Å². The maximum atomic E-state index is 8.79. The smallest absolute Gasteiger partial charge is 0.388 e. The highest BCUT2D eigenvalue weighted by molar-refractivity contribution is 5.65. The molecule has 0 aliphatic carbocycles. The van der Waals surface area contributed by atoms with E-state index >= 15 is 0 Å². The third kappa shape index (κ3) is 3.35. The highest BCUT2D eigenvalue weighted by atomic mass is 16.5. The van der Waals surface area contributed by atoms with Crippen molar-refractivity contribution in [1.82, 2.24) is 0 Å². The average molecular weight is 234 g/mol. The topological polar surface area (TPSA) is 40.6 Å². The van der Waals surface area contributed by atoms with Gasteiger partial charge in [0.25, 0.3) is 0 Å². The van der Waals surface area contributed by atoms with Gasteiger partial charge in [-0.25, -0.2) is 0 Å². The van der Waals surface area contributed by atoms with Crippen molar-refractivity contribution in [1.29, 1.82) is 5.39 Å². The molecule has 17 heavy (non-hydrogen) atoms. The zero-order chi connectivity index (χ0) is 12.7. The van der Waals surface area contributed by atoms with E-state index in [2.05, 4.69) is 30.6 Å². The molecule has 1 aromatic carbocycles. The van der Waals surface area contributed by atoms with Crippen LogP contribution in [-0.2, 0) is 0 Å². The van der Waals surface area contributed by atoms with Crippen molar-refractivity contribution in [2.24, 2.45) is 0 Å². The van der Waals surface area contributed by atoms with Crippen molar-refractivity contribution in [2.45, 2.75) is 27.2 Å². The van der Waals surface area contributed by atoms with Crippen molar-refractivity contribution in [2.75, 3.05) is 24.6 Å². The van der Waals surface area contributed by atoms with Crippen molar-refractivity contribution in [3.8, 4) is 5.75 Å². The summed E-state index contributed by atoms with van der Waals surface area (Å²) in [5.41, 5.74) is 1.57. The Morgan fingerprint density at radius 2 is 1.94 bits per heavy atom. The fourth-order valence-corrected chi connectivity index (χ4v) is 1.72. The summed E-state index contributed by atoms with van der Waals surface area (Å²) in [6.07, 6.45) is 0.957. The second kappa shape index (κ2) is 6.74. The fourth-order valence-electron chi connectivity index (χ4n) is 1.72. The van der Waals surface area contributed by atoms with Crippen molar-refractivity contribution in [3.63, 3.8) is 0 Å². The quantitative estimate of drug-likeness (QED) is 0.703. The van der Waals surface area contributed by atoms with Crippen molar-refractivity contribution < 1.29 is 4.74 Å². The first-order valence-corrected chi connectivity index (χ1v) is 6.13. The van der Waals surface area contributed by atoms with Crippen LogP contribution < -0.4 is 9.64 Å². The van der Waals surface area contributed by atoms with Gasteiger partial charge >= 0.3 is 5.69 Å². The Hall–Kier alpha value is -1.76. The van der Waals surface area contributed by atoms with E-state index < -0.39 is 0 Å². The number of ether oxygens (including phenoxy) is 1. The minimum atomic E-state index is 0.520. The van der Waals surface area contributed by atoms with E-state index in [4.69, 9.17) is 10.1 Å². The van der Waals surface area contributed by atoms with Crippen LogP contribution in [0.15, 0.2) is 18.2 Å². The molecule has 92 valence electrons. The van der Waals surface area contributed by atoms with Gasteiger partial charge in [0.05, 0.1) is 18.4 Å². The van der Waals surface area contributed by atoms with Gasteiger partial charge < -0.3 is 9.64 Å². The first-order chi connectivity index (χ1) is 8.26. The molecule has 0 radical (unpaired) electrons. The van der Waals surface area contributed by atoms with E-state index in [1.807, 2.05) is 6.07 Å². The van der Waals surface area contributed by atoms with Gasteiger partial charge in [-0.1, -0.05) is 6.92 Å². The lowest BCUT2D eigenvalue weighted by molar-refractivity contribution is 0.318. The maximum Gasteiger partial charge on any atom is 0.388 e. The van der Waals surface area contributed by atoms with Crippen molar-refractivity contribution >= 4 is 11.4 Å². The highest BCUT2D eigenvalue weighted by Gasteiger charge is 2.15. The first-order valence-electron chi connectivity index (χ1n) is 6.13. The molecule has 0 aliphatic heterocycles. The number of nitrogens with zero attached hydrogens (tertiary/aromatic N) is 3. The Bertz CT molecular complexity index is 394. The largest absolute Gasteiger partial charge is 0.491 e. The minimum Gasteiger partial charge on any atom is -0.491 e. The van der Waals surface area contributed by atoms with Gasteiger partial charge in [0.1, 0.15) is 0 Å². The lowest BCUT2D eigenvalue weighted by Crippen LogP contribution is -2.22. The molecule has 0 heterocycles. The second-order valence-electron chi connectivity index (χ2n) is 3.77. The summed E-state index contributed by atoms with van der Waals surface area (Å²) in [7, 11) is 0. The Labute approximate surface area is 103 Å². The molecule has 4 nitrogen and oxygen atoms in total. The summed E-state index contributed by atoms with van der Waals surface area (Å²) in [5.74, 6) is 0.783. The van der Waals surface area contributed by atoms with E-state index in [1.54, 1.807) is 12.1 Å². The third-order valence-electron chi connectivity index (χ3n) is 2.62. The maximum absolute atomic E-state index is 8.79. The van der Waals surface area contributed by atoms with Gasteiger partial charge in [0.15, 0.2) is 10.7 Å². The van der Waals surface area contributed by atoms with Crippen LogP contribution >= 0.6 is 0 Å². The number of hydrogen-bond donors (Lipinski definition) is 0. The molecule has 0 spiro atoms. The molecule has 0 bridgehead atoms. The monoisotopic (exact) mass is 234 g/mol. The summed E-state index contributed by atoms with van der Waals surface area (Å²) in [6, 6.07) is 5.49. The number of diazo groups is 1. The molecular weight excluding hydrogens is 214 g/mol. The molecule has 0 N–H and O–H groups in total. The molecule has 0 amide bonds. The average Bonchev–Trinajstić information content (AvgIpc) is 2.38. The summed E-state index contributed by atoms with van der Waals surface area (Å²) in [5, 5.41) is 8.79. The van der Waals surface area contributed by atoms with E-state index in [-0.39, 0.29) is 0 Å².